The zero-order chi connectivity index (χ0) is 10.2. The minimum Gasteiger partial charge on any atom is -0.330 e. The van der Waals surface area contributed by atoms with E-state index in [2.05, 4.69) is 10.2 Å². The summed E-state index contributed by atoms with van der Waals surface area (Å²) in [4.78, 5) is 2.50. The van der Waals surface area contributed by atoms with Crippen LogP contribution in [0.4, 0.5) is 0 Å². The topological polar surface area (TPSA) is 67.3 Å². The Labute approximate surface area is 87.0 Å². The Morgan fingerprint density at radius 3 is 2.71 bits per heavy atom. The molecule has 0 aromatic rings. The number of hydrogen-bond acceptors (Lipinski definition) is 4. The molecule has 0 radical (unpaired) electrons. The highest BCUT2D eigenvalue weighted by atomic mass is 15.2. The van der Waals surface area contributed by atoms with Crippen molar-refractivity contribution in [1.29, 1.82) is 0 Å². The van der Waals surface area contributed by atoms with E-state index in [1.165, 1.54) is 19.5 Å². The Balaban J connectivity index is 2.14. The maximum Gasteiger partial charge on any atom is 0.0196 e. The molecule has 0 aromatic carbocycles. The van der Waals surface area contributed by atoms with E-state index in [1.807, 2.05) is 0 Å². The summed E-state index contributed by atoms with van der Waals surface area (Å²) in [7, 11) is 0. The number of hydrogen-bond donors (Lipinski definition) is 3. The molecule has 0 bridgehead atoms. The van der Waals surface area contributed by atoms with Crippen LogP contribution in [0.25, 0.3) is 0 Å². The van der Waals surface area contributed by atoms with Crippen LogP contribution in [0.5, 0.6) is 0 Å². The van der Waals surface area contributed by atoms with Gasteiger partial charge in [0.25, 0.3) is 0 Å². The lowest BCUT2D eigenvalue weighted by atomic mass is 10.1. The van der Waals surface area contributed by atoms with Crippen molar-refractivity contribution in [3.63, 3.8) is 0 Å². The fourth-order valence-corrected chi connectivity index (χ4v) is 1.97. The van der Waals surface area contributed by atoms with Gasteiger partial charge in [0.15, 0.2) is 0 Å². The molecule has 1 atom stereocenters. The molecule has 0 aromatic heterocycles. The quantitative estimate of drug-likeness (QED) is 0.533. The molecule has 4 heteroatoms. The van der Waals surface area contributed by atoms with Gasteiger partial charge in [0.1, 0.15) is 0 Å². The van der Waals surface area contributed by atoms with Crippen LogP contribution in [0.3, 0.4) is 0 Å². The summed E-state index contributed by atoms with van der Waals surface area (Å²) >= 11 is 0. The fourth-order valence-electron chi connectivity index (χ4n) is 1.97. The second kappa shape index (κ2) is 7.17. The predicted octanol–water partition coefficient (Wildman–Crippen LogP) is -0.652. The minimum absolute atomic E-state index is 0.644. The van der Waals surface area contributed by atoms with Crippen molar-refractivity contribution in [2.75, 3.05) is 39.3 Å². The van der Waals surface area contributed by atoms with E-state index in [0.29, 0.717) is 6.04 Å². The van der Waals surface area contributed by atoms with Crippen molar-refractivity contribution in [1.82, 2.24) is 10.2 Å². The SMILES string of the molecule is NCCCC1CN(CCCN)CCN1. The summed E-state index contributed by atoms with van der Waals surface area (Å²) in [6.45, 7) is 6.20. The number of piperazine rings is 1. The summed E-state index contributed by atoms with van der Waals surface area (Å²) in [5.74, 6) is 0. The van der Waals surface area contributed by atoms with Gasteiger partial charge in [-0.05, 0) is 38.9 Å². The zero-order valence-electron chi connectivity index (χ0n) is 9.04. The molecule has 1 aliphatic rings. The van der Waals surface area contributed by atoms with Crippen molar-refractivity contribution < 1.29 is 0 Å². The third kappa shape index (κ3) is 4.37. The maximum atomic E-state index is 5.50. The van der Waals surface area contributed by atoms with Crippen LogP contribution < -0.4 is 16.8 Å². The molecule has 0 saturated carbocycles. The monoisotopic (exact) mass is 200 g/mol. The van der Waals surface area contributed by atoms with Gasteiger partial charge in [0.2, 0.25) is 0 Å². The van der Waals surface area contributed by atoms with E-state index in [1.54, 1.807) is 0 Å². The van der Waals surface area contributed by atoms with Gasteiger partial charge in [-0.15, -0.1) is 0 Å². The highest BCUT2D eigenvalue weighted by Gasteiger charge is 2.17. The first kappa shape index (κ1) is 11.9. The second-order valence-electron chi connectivity index (χ2n) is 4.02. The molecule has 0 amide bonds. The Kier molecular flexibility index (Phi) is 6.10. The van der Waals surface area contributed by atoms with Crippen LogP contribution >= 0.6 is 0 Å². The first-order valence-corrected chi connectivity index (χ1v) is 5.72. The molecule has 1 fully saturated rings. The van der Waals surface area contributed by atoms with E-state index >= 15 is 0 Å². The van der Waals surface area contributed by atoms with Gasteiger partial charge in [-0.3, -0.25) is 0 Å². The van der Waals surface area contributed by atoms with Gasteiger partial charge in [-0.2, -0.15) is 0 Å². The lowest BCUT2D eigenvalue weighted by Gasteiger charge is -2.33. The number of nitrogens with two attached hydrogens (primary N) is 2. The predicted molar refractivity (Wildman–Crippen MR) is 60.2 cm³/mol. The van der Waals surface area contributed by atoms with E-state index < -0.39 is 0 Å². The Hall–Kier alpha value is -0.160. The summed E-state index contributed by atoms with van der Waals surface area (Å²) in [5.41, 5.74) is 11.0. The Morgan fingerprint density at radius 2 is 2.00 bits per heavy atom. The second-order valence-corrected chi connectivity index (χ2v) is 4.02. The molecule has 1 saturated heterocycles. The molecule has 1 rings (SSSR count). The molecule has 1 unspecified atom stereocenters. The first-order chi connectivity index (χ1) is 6.86. The van der Waals surface area contributed by atoms with Crippen LogP contribution in [0, 0.1) is 0 Å². The van der Waals surface area contributed by atoms with Gasteiger partial charge in [0, 0.05) is 25.7 Å². The molecule has 14 heavy (non-hydrogen) atoms. The molecule has 84 valence electrons. The molecular formula is C10H24N4. The summed E-state index contributed by atoms with van der Waals surface area (Å²) in [6.07, 6.45) is 3.45. The molecule has 5 N–H and O–H groups in total. The van der Waals surface area contributed by atoms with Crippen LogP contribution in [-0.4, -0.2) is 50.2 Å². The van der Waals surface area contributed by atoms with Gasteiger partial charge >= 0.3 is 0 Å². The highest BCUT2D eigenvalue weighted by Crippen LogP contribution is 2.04. The van der Waals surface area contributed by atoms with Gasteiger partial charge in [-0.1, -0.05) is 0 Å². The van der Waals surface area contributed by atoms with Crippen LogP contribution in [-0.2, 0) is 0 Å². The molecule has 0 spiro atoms. The number of nitrogens with zero attached hydrogens (tertiary/aromatic N) is 1. The fraction of sp³-hybridized carbons (Fsp3) is 1.00. The van der Waals surface area contributed by atoms with Crippen LogP contribution in [0.15, 0.2) is 0 Å². The molecule has 4 nitrogen and oxygen atoms in total. The third-order valence-electron chi connectivity index (χ3n) is 2.77. The summed E-state index contributed by atoms with van der Waals surface area (Å²) < 4.78 is 0. The average molecular weight is 200 g/mol. The summed E-state index contributed by atoms with van der Waals surface area (Å²) in [6, 6.07) is 0.644. The van der Waals surface area contributed by atoms with E-state index in [-0.39, 0.29) is 0 Å². The van der Waals surface area contributed by atoms with E-state index in [9.17, 15) is 0 Å². The van der Waals surface area contributed by atoms with Crippen molar-refractivity contribution >= 4 is 0 Å². The normalized spacial score (nSPS) is 24.0. The van der Waals surface area contributed by atoms with E-state index in [4.69, 9.17) is 11.5 Å². The maximum absolute atomic E-state index is 5.50. The van der Waals surface area contributed by atoms with Gasteiger partial charge in [0.05, 0.1) is 0 Å². The van der Waals surface area contributed by atoms with Crippen molar-refractivity contribution in [2.45, 2.75) is 25.3 Å². The molecule has 0 aliphatic carbocycles. The highest BCUT2D eigenvalue weighted by molar-refractivity contribution is 4.78. The largest absolute Gasteiger partial charge is 0.330 e. The van der Waals surface area contributed by atoms with Crippen LogP contribution in [0.1, 0.15) is 19.3 Å². The summed E-state index contributed by atoms with van der Waals surface area (Å²) in [5, 5.41) is 3.53. The van der Waals surface area contributed by atoms with Crippen LogP contribution in [0.2, 0.25) is 0 Å². The first-order valence-electron chi connectivity index (χ1n) is 5.72. The third-order valence-corrected chi connectivity index (χ3v) is 2.77. The molecular weight excluding hydrogens is 176 g/mol. The van der Waals surface area contributed by atoms with Gasteiger partial charge in [-0.25, -0.2) is 0 Å². The lowest BCUT2D eigenvalue weighted by Crippen LogP contribution is -2.51. The minimum atomic E-state index is 0.644. The standard InChI is InChI=1S/C10H24N4/c11-4-1-3-10-9-14(7-2-5-12)8-6-13-10/h10,13H,1-9,11-12H2. The lowest BCUT2D eigenvalue weighted by molar-refractivity contribution is 0.192. The Bertz CT molecular complexity index is 126. The van der Waals surface area contributed by atoms with Crippen molar-refractivity contribution in [2.24, 2.45) is 11.5 Å². The molecule has 1 aliphatic heterocycles. The van der Waals surface area contributed by atoms with E-state index in [0.717, 1.165) is 39.0 Å². The molecule has 1 heterocycles. The van der Waals surface area contributed by atoms with Crippen molar-refractivity contribution in [3.05, 3.63) is 0 Å². The van der Waals surface area contributed by atoms with Crippen molar-refractivity contribution in [3.8, 4) is 0 Å². The average Bonchev–Trinajstić information content (AvgIpc) is 2.24. The number of nitrogens with one attached hydrogen (secondary N) is 1. The zero-order valence-corrected chi connectivity index (χ0v) is 9.04. The number of rotatable bonds is 6. The van der Waals surface area contributed by atoms with Gasteiger partial charge < -0.3 is 21.7 Å². The Morgan fingerprint density at radius 1 is 1.21 bits per heavy atom. The smallest absolute Gasteiger partial charge is 0.0196 e.